The van der Waals surface area contributed by atoms with Gasteiger partial charge in [0.1, 0.15) is 5.82 Å². The second kappa shape index (κ2) is 7.55. The van der Waals surface area contributed by atoms with E-state index >= 15 is 0 Å². The van der Waals surface area contributed by atoms with Crippen LogP contribution in [0.15, 0.2) is 18.3 Å². The molecule has 1 heterocycles. The highest BCUT2D eigenvalue weighted by molar-refractivity contribution is 7.99. The molecule has 2 nitrogen and oxygen atoms in total. The van der Waals surface area contributed by atoms with Gasteiger partial charge in [0.15, 0.2) is 0 Å². The molecule has 1 unspecified atom stereocenters. The van der Waals surface area contributed by atoms with Gasteiger partial charge in [-0.2, -0.15) is 11.8 Å². The molecule has 1 rings (SSSR count). The summed E-state index contributed by atoms with van der Waals surface area (Å²) in [7, 11) is 0. The number of pyridine rings is 1. The van der Waals surface area contributed by atoms with Crippen molar-refractivity contribution in [1.82, 2.24) is 4.98 Å². The Morgan fingerprint density at radius 2 is 2.25 bits per heavy atom. The summed E-state index contributed by atoms with van der Waals surface area (Å²) in [5, 5.41) is 4.05. The third-order valence-corrected chi connectivity index (χ3v) is 3.89. The largest absolute Gasteiger partial charge is 0.370 e. The quantitative estimate of drug-likeness (QED) is 0.779. The molecule has 0 aliphatic heterocycles. The molecule has 0 radical (unpaired) electrons. The molecule has 0 aliphatic carbocycles. The van der Waals surface area contributed by atoms with Crippen molar-refractivity contribution in [3.8, 4) is 0 Å². The van der Waals surface area contributed by atoms with Gasteiger partial charge in [0.2, 0.25) is 0 Å². The zero-order valence-electron chi connectivity index (χ0n) is 10.5. The van der Waals surface area contributed by atoms with Crippen molar-refractivity contribution in [3.05, 3.63) is 23.9 Å². The Bertz CT molecular complexity index is 302. The maximum absolute atomic E-state index is 4.30. The summed E-state index contributed by atoms with van der Waals surface area (Å²) in [4.78, 5) is 4.30. The van der Waals surface area contributed by atoms with Crippen LogP contribution in [0, 0.1) is 0 Å². The fraction of sp³-hybridized carbons (Fsp3) is 0.615. The first-order valence-corrected chi connectivity index (χ1v) is 7.11. The number of hydrogen-bond acceptors (Lipinski definition) is 3. The average Bonchev–Trinajstić information content (AvgIpc) is 2.34. The van der Waals surface area contributed by atoms with E-state index < -0.39 is 0 Å². The maximum atomic E-state index is 4.30. The Hall–Kier alpha value is -0.700. The Balaban J connectivity index is 2.46. The molecule has 1 atom stereocenters. The molecule has 0 spiro atoms. The van der Waals surface area contributed by atoms with Gasteiger partial charge in [0.25, 0.3) is 0 Å². The lowest BCUT2D eigenvalue weighted by Gasteiger charge is -2.09. The second-order valence-electron chi connectivity index (χ2n) is 4.01. The molecular formula is C13H22N2S. The molecule has 0 saturated heterocycles. The number of nitrogens with zero attached hydrogens (tertiary/aromatic N) is 1. The van der Waals surface area contributed by atoms with E-state index in [1.807, 2.05) is 18.0 Å². The Kier molecular flexibility index (Phi) is 6.31. The molecule has 0 fully saturated rings. The van der Waals surface area contributed by atoms with Gasteiger partial charge in [-0.25, -0.2) is 4.98 Å². The average molecular weight is 238 g/mol. The summed E-state index contributed by atoms with van der Waals surface area (Å²) < 4.78 is 0. The van der Waals surface area contributed by atoms with Gasteiger partial charge in [0, 0.05) is 23.7 Å². The smallest absolute Gasteiger partial charge is 0.126 e. The van der Waals surface area contributed by atoms with Crippen LogP contribution in [-0.2, 0) is 5.75 Å². The number of thioether (sulfide) groups is 1. The van der Waals surface area contributed by atoms with E-state index in [0.717, 1.165) is 29.8 Å². The van der Waals surface area contributed by atoms with Crippen LogP contribution in [0.5, 0.6) is 0 Å². The topological polar surface area (TPSA) is 24.9 Å². The first-order valence-electron chi connectivity index (χ1n) is 6.06. The molecule has 0 saturated carbocycles. The fourth-order valence-electron chi connectivity index (χ4n) is 1.27. The summed E-state index contributed by atoms with van der Waals surface area (Å²) in [6.07, 6.45) is 4.26. The number of rotatable bonds is 7. The van der Waals surface area contributed by atoms with Crippen molar-refractivity contribution in [2.45, 2.75) is 44.6 Å². The van der Waals surface area contributed by atoms with Crippen LogP contribution in [-0.4, -0.2) is 16.8 Å². The highest BCUT2D eigenvalue weighted by Gasteiger charge is 2.01. The minimum atomic E-state index is 0.736. The van der Waals surface area contributed by atoms with Crippen molar-refractivity contribution in [2.75, 3.05) is 11.9 Å². The molecule has 1 N–H and O–H groups in total. The van der Waals surface area contributed by atoms with Crippen molar-refractivity contribution in [1.29, 1.82) is 0 Å². The number of hydrogen-bond donors (Lipinski definition) is 1. The molecular weight excluding hydrogens is 216 g/mol. The summed E-state index contributed by atoms with van der Waals surface area (Å²) in [6, 6.07) is 4.26. The van der Waals surface area contributed by atoms with Gasteiger partial charge in [-0.3, -0.25) is 0 Å². The van der Waals surface area contributed by atoms with Crippen LogP contribution in [0.4, 0.5) is 5.82 Å². The van der Waals surface area contributed by atoms with Crippen LogP contribution < -0.4 is 5.32 Å². The zero-order chi connectivity index (χ0) is 11.8. The Labute approximate surface area is 103 Å². The molecule has 16 heavy (non-hydrogen) atoms. The first kappa shape index (κ1) is 13.4. The predicted octanol–water partition coefficient (Wildman–Crippen LogP) is 3.94. The van der Waals surface area contributed by atoms with Crippen LogP contribution >= 0.6 is 11.8 Å². The lowest BCUT2D eigenvalue weighted by molar-refractivity contribution is 0.905. The van der Waals surface area contributed by atoms with Gasteiger partial charge in [-0.15, -0.1) is 0 Å². The van der Waals surface area contributed by atoms with Crippen LogP contribution in [0.2, 0.25) is 0 Å². The van der Waals surface area contributed by atoms with E-state index in [2.05, 4.69) is 43.2 Å². The fourth-order valence-corrected chi connectivity index (χ4v) is 2.16. The predicted molar refractivity (Wildman–Crippen MR) is 74.1 cm³/mol. The van der Waals surface area contributed by atoms with E-state index in [1.54, 1.807) is 0 Å². The summed E-state index contributed by atoms with van der Waals surface area (Å²) in [5.74, 6) is 2.09. The minimum absolute atomic E-state index is 0.736. The molecule has 90 valence electrons. The SMILES string of the molecule is CCCNc1cc(CSC(C)CC)ccn1. The molecule has 0 amide bonds. The maximum Gasteiger partial charge on any atom is 0.126 e. The molecule has 1 aromatic rings. The molecule has 0 aromatic carbocycles. The van der Waals surface area contributed by atoms with Crippen molar-refractivity contribution in [3.63, 3.8) is 0 Å². The van der Waals surface area contributed by atoms with Gasteiger partial charge < -0.3 is 5.32 Å². The van der Waals surface area contributed by atoms with Crippen LogP contribution in [0.3, 0.4) is 0 Å². The molecule has 1 aromatic heterocycles. The van der Waals surface area contributed by atoms with Crippen molar-refractivity contribution >= 4 is 17.6 Å². The van der Waals surface area contributed by atoms with Crippen molar-refractivity contribution < 1.29 is 0 Å². The highest BCUT2D eigenvalue weighted by Crippen LogP contribution is 2.20. The van der Waals surface area contributed by atoms with Crippen LogP contribution in [0.1, 0.15) is 39.2 Å². The lowest BCUT2D eigenvalue weighted by Crippen LogP contribution is -2.02. The Morgan fingerprint density at radius 3 is 2.94 bits per heavy atom. The number of nitrogens with one attached hydrogen (secondary N) is 1. The standard InChI is InChI=1S/C13H22N2S/c1-4-7-14-13-9-12(6-8-15-13)10-16-11(3)5-2/h6,8-9,11H,4-5,7,10H2,1-3H3,(H,14,15). The van der Waals surface area contributed by atoms with Gasteiger partial charge >= 0.3 is 0 Å². The second-order valence-corrected chi connectivity index (χ2v) is 5.43. The first-order chi connectivity index (χ1) is 7.76. The van der Waals surface area contributed by atoms with Gasteiger partial charge in [0.05, 0.1) is 0 Å². The molecule has 0 aliphatic rings. The van der Waals surface area contributed by atoms with Gasteiger partial charge in [-0.1, -0.05) is 20.8 Å². The van der Waals surface area contributed by atoms with Crippen molar-refractivity contribution in [2.24, 2.45) is 0 Å². The van der Waals surface area contributed by atoms with E-state index in [4.69, 9.17) is 0 Å². The van der Waals surface area contributed by atoms with E-state index in [-0.39, 0.29) is 0 Å². The van der Waals surface area contributed by atoms with Crippen LogP contribution in [0.25, 0.3) is 0 Å². The summed E-state index contributed by atoms with van der Waals surface area (Å²) >= 11 is 2.01. The Morgan fingerprint density at radius 1 is 1.44 bits per heavy atom. The van der Waals surface area contributed by atoms with Gasteiger partial charge in [-0.05, 0) is 30.5 Å². The number of anilines is 1. The monoisotopic (exact) mass is 238 g/mol. The third kappa shape index (κ3) is 4.88. The third-order valence-electron chi connectivity index (χ3n) is 2.49. The normalized spacial score (nSPS) is 12.4. The number of aromatic nitrogens is 1. The minimum Gasteiger partial charge on any atom is -0.370 e. The highest BCUT2D eigenvalue weighted by atomic mass is 32.2. The van der Waals surface area contributed by atoms with E-state index in [1.165, 1.54) is 12.0 Å². The van der Waals surface area contributed by atoms with E-state index in [9.17, 15) is 0 Å². The summed E-state index contributed by atoms with van der Waals surface area (Å²) in [6.45, 7) is 7.67. The lowest BCUT2D eigenvalue weighted by atomic mass is 10.3. The zero-order valence-corrected chi connectivity index (χ0v) is 11.3. The summed E-state index contributed by atoms with van der Waals surface area (Å²) in [5.41, 5.74) is 1.36. The molecule has 0 bridgehead atoms. The molecule has 3 heteroatoms. The van der Waals surface area contributed by atoms with E-state index in [0.29, 0.717) is 0 Å².